The minimum Gasteiger partial charge on any atom is -0.466 e. The van der Waals surface area contributed by atoms with Crippen molar-refractivity contribution in [1.82, 2.24) is 0 Å². The molecule has 0 atom stereocenters. The number of esters is 1. The van der Waals surface area contributed by atoms with Gasteiger partial charge in [-0.1, -0.05) is 187 Å². The van der Waals surface area contributed by atoms with Gasteiger partial charge in [0.2, 0.25) is 0 Å². The average molecular weight is 565 g/mol. The molecule has 0 unspecified atom stereocenters. The second-order valence-corrected chi connectivity index (χ2v) is 12.5. The molecule has 0 saturated carbocycles. The molecule has 0 bridgehead atoms. The molecule has 0 aliphatic rings. The number of unbranched alkanes of at least 4 members (excludes halogenated alkanes) is 30. The van der Waals surface area contributed by atoms with Crippen LogP contribution in [0.25, 0.3) is 0 Å². The Labute approximate surface area is 251 Å². The number of carbonyl (C=O) groups is 2. The Morgan fingerprint density at radius 2 is 0.725 bits per heavy atom. The van der Waals surface area contributed by atoms with E-state index in [2.05, 4.69) is 6.92 Å². The number of hydrogen-bond acceptors (Lipinski definition) is 3. The Kier molecular flexibility index (Phi) is 35.4. The highest BCUT2D eigenvalue weighted by Crippen LogP contribution is 2.16. The third-order valence-corrected chi connectivity index (χ3v) is 8.46. The molecule has 0 N–H and O–H groups in total. The van der Waals surface area contributed by atoms with E-state index in [1.807, 2.05) is 0 Å². The fraction of sp³-hybridized carbons (Fsp3) is 0.946. The van der Waals surface area contributed by atoms with Gasteiger partial charge in [0.15, 0.2) is 0 Å². The lowest BCUT2D eigenvalue weighted by Crippen LogP contribution is -2.05. The van der Waals surface area contributed by atoms with Crippen LogP contribution in [0.15, 0.2) is 0 Å². The predicted octanol–water partition coefficient (Wildman–Crippen LogP) is 12.6. The summed E-state index contributed by atoms with van der Waals surface area (Å²) < 4.78 is 5.42. The van der Waals surface area contributed by atoms with E-state index in [9.17, 15) is 9.59 Å². The molecule has 0 aliphatic carbocycles. The van der Waals surface area contributed by atoms with Crippen LogP contribution < -0.4 is 0 Å². The summed E-state index contributed by atoms with van der Waals surface area (Å²) in [6.07, 6.45) is 43.6. The van der Waals surface area contributed by atoms with Crippen LogP contribution in [0.4, 0.5) is 0 Å². The van der Waals surface area contributed by atoms with Gasteiger partial charge >= 0.3 is 5.97 Å². The standard InChI is InChI=1S/C37H72O3/c1-2-3-4-5-6-7-8-9-10-11-12-13-14-15-16-19-22-25-28-31-34-37(39)40-36-33-30-27-24-21-18-17-20-23-26-29-32-35-38/h35H,2-34,36H2,1H3. The van der Waals surface area contributed by atoms with E-state index in [0.717, 1.165) is 32.0 Å². The summed E-state index contributed by atoms with van der Waals surface area (Å²) in [5.74, 6) is 0.00977. The molecule has 0 heterocycles. The molecule has 0 fully saturated rings. The van der Waals surface area contributed by atoms with Gasteiger partial charge in [0.1, 0.15) is 6.29 Å². The summed E-state index contributed by atoms with van der Waals surface area (Å²) in [4.78, 5) is 22.2. The lowest BCUT2D eigenvalue weighted by atomic mass is 10.0. The zero-order chi connectivity index (χ0) is 29.0. The van der Waals surface area contributed by atoms with E-state index < -0.39 is 0 Å². The summed E-state index contributed by atoms with van der Waals surface area (Å²) in [6, 6.07) is 0. The Balaban J connectivity index is 3.14. The second-order valence-electron chi connectivity index (χ2n) is 12.5. The highest BCUT2D eigenvalue weighted by molar-refractivity contribution is 5.69. The van der Waals surface area contributed by atoms with Crippen LogP contribution in [-0.4, -0.2) is 18.9 Å². The normalized spacial score (nSPS) is 11.2. The van der Waals surface area contributed by atoms with Crippen molar-refractivity contribution in [2.24, 2.45) is 0 Å². The molecular formula is C37H72O3. The van der Waals surface area contributed by atoms with E-state index in [1.165, 1.54) is 180 Å². The van der Waals surface area contributed by atoms with Crippen molar-refractivity contribution in [3.05, 3.63) is 0 Å². The van der Waals surface area contributed by atoms with Crippen LogP contribution in [0, 0.1) is 0 Å². The summed E-state index contributed by atoms with van der Waals surface area (Å²) in [5, 5.41) is 0. The lowest BCUT2D eigenvalue weighted by Gasteiger charge is -2.06. The van der Waals surface area contributed by atoms with Gasteiger partial charge in [-0.2, -0.15) is 0 Å². The van der Waals surface area contributed by atoms with E-state index in [0.29, 0.717) is 13.0 Å². The third kappa shape index (κ3) is 35.2. The first-order valence-electron chi connectivity index (χ1n) is 18.4. The first-order chi connectivity index (χ1) is 19.8. The van der Waals surface area contributed by atoms with Gasteiger partial charge in [0, 0.05) is 12.8 Å². The van der Waals surface area contributed by atoms with Gasteiger partial charge in [0.05, 0.1) is 6.61 Å². The van der Waals surface area contributed by atoms with Gasteiger partial charge in [0.25, 0.3) is 0 Å². The number of rotatable bonds is 35. The Morgan fingerprint density at radius 3 is 1.07 bits per heavy atom. The number of ether oxygens (including phenoxy) is 1. The molecule has 0 aromatic carbocycles. The van der Waals surface area contributed by atoms with E-state index in [1.54, 1.807) is 0 Å². The fourth-order valence-electron chi connectivity index (χ4n) is 5.70. The van der Waals surface area contributed by atoms with Crippen molar-refractivity contribution >= 4 is 12.3 Å². The zero-order valence-electron chi connectivity index (χ0n) is 27.3. The maximum absolute atomic E-state index is 11.9. The molecule has 0 spiro atoms. The van der Waals surface area contributed by atoms with Gasteiger partial charge in [-0.25, -0.2) is 0 Å². The molecule has 40 heavy (non-hydrogen) atoms. The SMILES string of the molecule is CCCCCCCCCCCCCCCCCCCCCCC(=O)OCCCCCCCCCCCCCC=O. The van der Waals surface area contributed by atoms with Gasteiger partial charge in [-0.05, 0) is 19.3 Å². The molecular weight excluding hydrogens is 492 g/mol. The zero-order valence-corrected chi connectivity index (χ0v) is 27.3. The monoisotopic (exact) mass is 565 g/mol. The number of carbonyl (C=O) groups excluding carboxylic acids is 2. The highest BCUT2D eigenvalue weighted by atomic mass is 16.5. The van der Waals surface area contributed by atoms with Crippen LogP contribution in [0.1, 0.15) is 219 Å². The van der Waals surface area contributed by atoms with Crippen molar-refractivity contribution in [3.63, 3.8) is 0 Å². The van der Waals surface area contributed by atoms with Gasteiger partial charge in [-0.15, -0.1) is 0 Å². The average Bonchev–Trinajstić information content (AvgIpc) is 2.96. The molecule has 238 valence electrons. The predicted molar refractivity (Wildman–Crippen MR) is 175 cm³/mol. The van der Waals surface area contributed by atoms with Crippen LogP contribution in [-0.2, 0) is 14.3 Å². The maximum atomic E-state index is 11.9. The van der Waals surface area contributed by atoms with E-state index in [-0.39, 0.29) is 5.97 Å². The summed E-state index contributed by atoms with van der Waals surface area (Å²) >= 11 is 0. The van der Waals surface area contributed by atoms with Gasteiger partial charge < -0.3 is 9.53 Å². The molecule has 3 nitrogen and oxygen atoms in total. The molecule has 0 amide bonds. The van der Waals surface area contributed by atoms with Crippen LogP contribution in [0.3, 0.4) is 0 Å². The smallest absolute Gasteiger partial charge is 0.305 e. The summed E-state index contributed by atoms with van der Waals surface area (Å²) in [5.41, 5.74) is 0. The number of aldehydes is 1. The molecule has 0 saturated heterocycles. The molecule has 3 heteroatoms. The minimum atomic E-state index is 0.00977. The maximum Gasteiger partial charge on any atom is 0.305 e. The topological polar surface area (TPSA) is 43.4 Å². The lowest BCUT2D eigenvalue weighted by molar-refractivity contribution is -0.143. The molecule has 0 aromatic heterocycles. The summed E-state index contributed by atoms with van der Waals surface area (Å²) in [7, 11) is 0. The first kappa shape index (κ1) is 39.1. The third-order valence-electron chi connectivity index (χ3n) is 8.46. The van der Waals surface area contributed by atoms with Crippen LogP contribution in [0.2, 0.25) is 0 Å². The van der Waals surface area contributed by atoms with E-state index >= 15 is 0 Å². The Bertz CT molecular complexity index is 490. The van der Waals surface area contributed by atoms with Crippen molar-refractivity contribution in [2.45, 2.75) is 219 Å². The fourth-order valence-corrected chi connectivity index (χ4v) is 5.70. The Morgan fingerprint density at radius 1 is 0.425 bits per heavy atom. The number of hydrogen-bond donors (Lipinski definition) is 0. The quantitative estimate of drug-likeness (QED) is 0.0437. The van der Waals surface area contributed by atoms with Crippen molar-refractivity contribution in [3.8, 4) is 0 Å². The summed E-state index contributed by atoms with van der Waals surface area (Å²) in [6.45, 7) is 2.90. The van der Waals surface area contributed by atoms with Crippen molar-refractivity contribution < 1.29 is 14.3 Å². The van der Waals surface area contributed by atoms with E-state index in [4.69, 9.17) is 4.74 Å². The molecule has 0 rings (SSSR count). The van der Waals surface area contributed by atoms with Crippen molar-refractivity contribution in [1.29, 1.82) is 0 Å². The second kappa shape index (κ2) is 36.2. The highest BCUT2D eigenvalue weighted by Gasteiger charge is 2.03. The van der Waals surface area contributed by atoms with Crippen LogP contribution >= 0.6 is 0 Å². The molecule has 0 radical (unpaired) electrons. The molecule has 0 aromatic rings. The van der Waals surface area contributed by atoms with Crippen LogP contribution in [0.5, 0.6) is 0 Å². The largest absolute Gasteiger partial charge is 0.466 e. The van der Waals surface area contributed by atoms with Gasteiger partial charge in [-0.3, -0.25) is 4.79 Å². The minimum absolute atomic E-state index is 0.00977. The molecule has 0 aliphatic heterocycles. The Hall–Kier alpha value is -0.860. The first-order valence-corrected chi connectivity index (χ1v) is 18.4. The van der Waals surface area contributed by atoms with Crippen molar-refractivity contribution in [2.75, 3.05) is 6.61 Å².